The van der Waals surface area contributed by atoms with Crippen LogP contribution in [0.5, 0.6) is 0 Å². The van der Waals surface area contributed by atoms with Gasteiger partial charge < -0.3 is 9.15 Å². The van der Waals surface area contributed by atoms with Crippen molar-refractivity contribution in [1.82, 2.24) is 0 Å². The SMILES string of the molecule is Cc1c(C(=O)CCCC2CCCO2)oc2ccc(F)cc12. The Morgan fingerprint density at radius 3 is 3.05 bits per heavy atom. The lowest BCUT2D eigenvalue weighted by Gasteiger charge is -2.07. The van der Waals surface area contributed by atoms with Gasteiger partial charge in [0.1, 0.15) is 11.4 Å². The van der Waals surface area contributed by atoms with Crippen molar-refractivity contribution in [2.24, 2.45) is 0 Å². The molecule has 1 aromatic carbocycles. The third-order valence-corrected chi connectivity index (χ3v) is 4.11. The van der Waals surface area contributed by atoms with Crippen LogP contribution >= 0.6 is 0 Å². The minimum absolute atomic E-state index is 0.0119. The van der Waals surface area contributed by atoms with Gasteiger partial charge in [-0.3, -0.25) is 4.79 Å². The number of aryl methyl sites for hydroxylation is 1. The Hall–Kier alpha value is -1.68. The summed E-state index contributed by atoms with van der Waals surface area (Å²) in [5.41, 5.74) is 1.29. The van der Waals surface area contributed by atoms with E-state index >= 15 is 0 Å². The molecular weight excluding hydrogens is 271 g/mol. The summed E-state index contributed by atoms with van der Waals surface area (Å²) in [6, 6.07) is 4.33. The van der Waals surface area contributed by atoms with E-state index in [0.717, 1.165) is 37.9 Å². The highest BCUT2D eigenvalue weighted by Crippen LogP contribution is 2.27. The lowest BCUT2D eigenvalue weighted by atomic mass is 10.0. The average molecular weight is 290 g/mol. The van der Waals surface area contributed by atoms with Gasteiger partial charge in [-0.25, -0.2) is 4.39 Å². The third-order valence-electron chi connectivity index (χ3n) is 4.11. The fraction of sp³-hybridized carbons (Fsp3) is 0.471. The number of carbonyl (C=O) groups excluding carboxylic acids is 1. The second-order valence-corrected chi connectivity index (χ2v) is 5.65. The lowest BCUT2D eigenvalue weighted by molar-refractivity contribution is 0.0904. The number of rotatable bonds is 5. The Kier molecular flexibility index (Phi) is 4.06. The van der Waals surface area contributed by atoms with Gasteiger partial charge in [0, 0.05) is 24.0 Å². The predicted molar refractivity (Wildman–Crippen MR) is 78.1 cm³/mol. The number of halogens is 1. The fourth-order valence-corrected chi connectivity index (χ4v) is 2.93. The van der Waals surface area contributed by atoms with E-state index in [-0.39, 0.29) is 11.6 Å². The van der Waals surface area contributed by atoms with E-state index < -0.39 is 0 Å². The maximum atomic E-state index is 13.3. The normalized spacial score (nSPS) is 18.5. The second kappa shape index (κ2) is 5.98. The molecule has 1 fully saturated rings. The number of Topliss-reactive ketones (excluding diaryl/α,β-unsaturated/α-hetero) is 1. The zero-order valence-electron chi connectivity index (χ0n) is 12.2. The lowest BCUT2D eigenvalue weighted by Crippen LogP contribution is -2.06. The van der Waals surface area contributed by atoms with Gasteiger partial charge in [-0.05, 0) is 50.8 Å². The molecule has 1 aliphatic rings. The summed E-state index contributed by atoms with van der Waals surface area (Å²) >= 11 is 0. The van der Waals surface area contributed by atoms with Crippen molar-refractivity contribution < 1.29 is 18.3 Å². The van der Waals surface area contributed by atoms with Gasteiger partial charge >= 0.3 is 0 Å². The molecule has 1 aliphatic heterocycles. The van der Waals surface area contributed by atoms with Crippen molar-refractivity contribution in [1.29, 1.82) is 0 Å². The van der Waals surface area contributed by atoms with Crippen LogP contribution in [0.4, 0.5) is 4.39 Å². The number of benzene rings is 1. The molecule has 0 aliphatic carbocycles. The molecule has 2 heterocycles. The first-order valence-electron chi connectivity index (χ1n) is 7.48. The summed E-state index contributed by atoms with van der Waals surface area (Å²) in [6.45, 7) is 2.64. The summed E-state index contributed by atoms with van der Waals surface area (Å²) in [5, 5.41) is 0.678. The molecule has 1 saturated heterocycles. The molecule has 4 heteroatoms. The van der Waals surface area contributed by atoms with Crippen molar-refractivity contribution in [3.8, 4) is 0 Å². The van der Waals surface area contributed by atoms with E-state index in [9.17, 15) is 9.18 Å². The fourth-order valence-electron chi connectivity index (χ4n) is 2.93. The molecule has 21 heavy (non-hydrogen) atoms. The molecule has 0 spiro atoms. The standard InChI is InChI=1S/C17H19FO3/c1-11-14-10-12(18)7-8-16(14)21-17(11)15(19)6-2-4-13-5-3-9-20-13/h7-8,10,13H,2-6,9H2,1H3. The first-order chi connectivity index (χ1) is 10.1. The summed E-state index contributed by atoms with van der Waals surface area (Å²) in [6.07, 6.45) is 4.68. The molecule has 3 rings (SSSR count). The van der Waals surface area contributed by atoms with Crippen molar-refractivity contribution >= 4 is 16.8 Å². The molecule has 1 aromatic heterocycles. The Bertz CT molecular complexity index is 653. The molecule has 112 valence electrons. The molecule has 0 amide bonds. The molecule has 0 saturated carbocycles. The topological polar surface area (TPSA) is 39.4 Å². The smallest absolute Gasteiger partial charge is 0.198 e. The van der Waals surface area contributed by atoms with E-state index in [4.69, 9.17) is 9.15 Å². The van der Waals surface area contributed by atoms with Crippen LogP contribution < -0.4 is 0 Å². The Labute approximate surface area is 123 Å². The molecule has 1 unspecified atom stereocenters. The Balaban J connectivity index is 1.67. The van der Waals surface area contributed by atoms with Gasteiger partial charge in [0.25, 0.3) is 0 Å². The van der Waals surface area contributed by atoms with E-state index in [2.05, 4.69) is 0 Å². The first-order valence-corrected chi connectivity index (χ1v) is 7.48. The Morgan fingerprint density at radius 2 is 2.29 bits per heavy atom. The predicted octanol–water partition coefficient (Wildman–Crippen LogP) is 4.41. The van der Waals surface area contributed by atoms with Gasteiger partial charge in [0.15, 0.2) is 11.5 Å². The first kappa shape index (κ1) is 14.3. The molecule has 2 aromatic rings. The van der Waals surface area contributed by atoms with Crippen molar-refractivity contribution in [3.05, 3.63) is 35.3 Å². The van der Waals surface area contributed by atoms with Crippen LogP contribution in [0.3, 0.4) is 0 Å². The van der Waals surface area contributed by atoms with E-state index in [0.29, 0.717) is 29.3 Å². The molecule has 0 N–H and O–H groups in total. The Morgan fingerprint density at radius 1 is 1.43 bits per heavy atom. The van der Waals surface area contributed by atoms with Crippen LogP contribution in [0.15, 0.2) is 22.6 Å². The highest BCUT2D eigenvalue weighted by molar-refractivity contribution is 6.00. The second-order valence-electron chi connectivity index (χ2n) is 5.65. The van der Waals surface area contributed by atoms with Crippen LogP contribution in [0.1, 0.15) is 48.2 Å². The number of hydrogen-bond acceptors (Lipinski definition) is 3. The quantitative estimate of drug-likeness (QED) is 0.766. The van der Waals surface area contributed by atoms with Gasteiger partial charge in [-0.2, -0.15) is 0 Å². The van der Waals surface area contributed by atoms with Gasteiger partial charge in [0.2, 0.25) is 0 Å². The van der Waals surface area contributed by atoms with E-state index in [1.807, 2.05) is 0 Å². The summed E-state index contributed by atoms with van der Waals surface area (Å²) in [4.78, 5) is 12.3. The van der Waals surface area contributed by atoms with E-state index in [1.54, 1.807) is 13.0 Å². The number of hydrogen-bond donors (Lipinski definition) is 0. The summed E-state index contributed by atoms with van der Waals surface area (Å²) in [7, 11) is 0. The zero-order chi connectivity index (χ0) is 14.8. The maximum Gasteiger partial charge on any atom is 0.198 e. The van der Waals surface area contributed by atoms with Crippen LogP contribution in [-0.2, 0) is 4.74 Å². The van der Waals surface area contributed by atoms with Crippen LogP contribution in [-0.4, -0.2) is 18.5 Å². The highest BCUT2D eigenvalue weighted by Gasteiger charge is 2.19. The van der Waals surface area contributed by atoms with Gasteiger partial charge in [-0.1, -0.05) is 0 Å². The molecular formula is C17H19FO3. The van der Waals surface area contributed by atoms with Crippen LogP contribution in [0, 0.1) is 12.7 Å². The van der Waals surface area contributed by atoms with E-state index in [1.165, 1.54) is 12.1 Å². The third kappa shape index (κ3) is 3.00. The molecule has 3 nitrogen and oxygen atoms in total. The molecule has 0 bridgehead atoms. The number of furan rings is 1. The zero-order valence-corrected chi connectivity index (χ0v) is 12.2. The monoisotopic (exact) mass is 290 g/mol. The molecule has 1 atom stereocenters. The van der Waals surface area contributed by atoms with Crippen molar-refractivity contribution in [2.75, 3.05) is 6.61 Å². The highest BCUT2D eigenvalue weighted by atomic mass is 19.1. The van der Waals surface area contributed by atoms with Crippen LogP contribution in [0.2, 0.25) is 0 Å². The van der Waals surface area contributed by atoms with Crippen molar-refractivity contribution in [3.63, 3.8) is 0 Å². The molecule has 0 radical (unpaired) electrons. The average Bonchev–Trinajstić information content (AvgIpc) is 3.08. The summed E-state index contributed by atoms with van der Waals surface area (Å²) in [5.74, 6) is 0.0360. The van der Waals surface area contributed by atoms with Gasteiger partial charge in [0.05, 0.1) is 6.10 Å². The largest absolute Gasteiger partial charge is 0.453 e. The minimum Gasteiger partial charge on any atom is -0.453 e. The minimum atomic E-state index is -0.316. The number of ketones is 1. The number of carbonyl (C=O) groups is 1. The van der Waals surface area contributed by atoms with Gasteiger partial charge in [-0.15, -0.1) is 0 Å². The number of fused-ring (bicyclic) bond motifs is 1. The van der Waals surface area contributed by atoms with Crippen molar-refractivity contribution in [2.45, 2.75) is 45.1 Å². The number of ether oxygens (including phenoxy) is 1. The summed E-state index contributed by atoms with van der Waals surface area (Å²) < 4.78 is 24.4. The van der Waals surface area contributed by atoms with Crippen LogP contribution in [0.25, 0.3) is 11.0 Å². The maximum absolute atomic E-state index is 13.3.